The topological polar surface area (TPSA) is 58.5 Å². The first-order valence-corrected chi connectivity index (χ1v) is 5.30. The number of hydrogen-bond donors (Lipinski definition) is 1. The summed E-state index contributed by atoms with van der Waals surface area (Å²) in [6.07, 6.45) is 1.65. The van der Waals surface area contributed by atoms with E-state index in [1.807, 2.05) is 11.8 Å². The molecule has 1 rings (SSSR count). The molecule has 0 spiro atoms. The summed E-state index contributed by atoms with van der Waals surface area (Å²) in [5.74, 6) is 1.10. The fourth-order valence-corrected chi connectivity index (χ4v) is 1.39. The Hall–Kier alpha value is -1.36. The minimum Gasteiger partial charge on any atom is -0.481 e. The highest BCUT2D eigenvalue weighted by molar-refractivity contribution is 5.32. The minimum absolute atomic E-state index is 0.483. The number of rotatable bonds is 5. The molecule has 0 aliphatic carbocycles. The van der Waals surface area contributed by atoms with Crippen LogP contribution in [0.15, 0.2) is 12.3 Å². The third kappa shape index (κ3) is 3.66. The number of hydrogen-bond acceptors (Lipinski definition) is 5. The van der Waals surface area contributed by atoms with E-state index in [4.69, 9.17) is 4.74 Å². The normalized spacial score (nSPS) is 11.3. The Labute approximate surface area is 96.1 Å². The zero-order valence-electron chi connectivity index (χ0n) is 10.3. The van der Waals surface area contributed by atoms with Crippen LogP contribution in [-0.2, 0) is 0 Å². The van der Waals surface area contributed by atoms with Gasteiger partial charge < -0.3 is 14.7 Å². The summed E-state index contributed by atoms with van der Waals surface area (Å²) in [5, 5.41) is 9.78. The van der Waals surface area contributed by atoms with Crippen molar-refractivity contribution in [1.82, 2.24) is 9.97 Å². The highest BCUT2D eigenvalue weighted by atomic mass is 16.5. The summed E-state index contributed by atoms with van der Waals surface area (Å²) in [4.78, 5) is 10.3. The minimum atomic E-state index is -0.775. The molecule has 0 atom stereocenters. The fourth-order valence-electron chi connectivity index (χ4n) is 1.39. The summed E-state index contributed by atoms with van der Waals surface area (Å²) in [6.45, 7) is 6.73. The van der Waals surface area contributed by atoms with Gasteiger partial charge in [-0.3, -0.25) is 0 Å². The zero-order chi connectivity index (χ0) is 12.2. The average Bonchev–Trinajstić information content (AvgIpc) is 2.25. The number of anilines is 1. The van der Waals surface area contributed by atoms with Crippen LogP contribution in [0, 0.1) is 0 Å². The first kappa shape index (κ1) is 12.7. The Morgan fingerprint density at radius 1 is 1.50 bits per heavy atom. The molecule has 0 aliphatic rings. The Bertz CT molecular complexity index is 336. The van der Waals surface area contributed by atoms with Crippen LogP contribution in [0.1, 0.15) is 20.8 Å². The second-order valence-electron chi connectivity index (χ2n) is 4.23. The summed E-state index contributed by atoms with van der Waals surface area (Å²) in [6, 6.07) is 1.70. The van der Waals surface area contributed by atoms with Gasteiger partial charge in [-0.15, -0.1) is 0 Å². The van der Waals surface area contributed by atoms with Crippen LogP contribution in [0.3, 0.4) is 0 Å². The number of methoxy groups -OCH3 is 1. The van der Waals surface area contributed by atoms with Crippen molar-refractivity contribution in [3.63, 3.8) is 0 Å². The van der Waals surface area contributed by atoms with E-state index in [1.54, 1.807) is 33.2 Å². The number of nitrogens with zero attached hydrogens (tertiary/aromatic N) is 3. The van der Waals surface area contributed by atoms with Crippen LogP contribution in [0.5, 0.6) is 5.88 Å². The molecule has 0 saturated carbocycles. The van der Waals surface area contributed by atoms with Gasteiger partial charge in [0.25, 0.3) is 0 Å². The molecule has 1 aromatic rings. The zero-order valence-corrected chi connectivity index (χ0v) is 10.3. The van der Waals surface area contributed by atoms with Gasteiger partial charge in [-0.2, -0.15) is 4.98 Å². The van der Waals surface area contributed by atoms with Crippen molar-refractivity contribution in [2.75, 3.05) is 25.1 Å². The van der Waals surface area contributed by atoms with E-state index in [2.05, 4.69) is 9.97 Å². The standard InChI is InChI=1S/C11H19N3O2/c1-5-14(8-11(2,3)15)10-12-7-6-9(13-10)16-4/h6-7,15H,5,8H2,1-4H3. The molecule has 1 aromatic heterocycles. The summed E-state index contributed by atoms with van der Waals surface area (Å²) < 4.78 is 5.04. The maximum atomic E-state index is 9.78. The van der Waals surface area contributed by atoms with Crippen LogP contribution in [-0.4, -0.2) is 40.9 Å². The van der Waals surface area contributed by atoms with E-state index in [0.29, 0.717) is 18.4 Å². The molecule has 0 fully saturated rings. The predicted octanol–water partition coefficient (Wildman–Crippen LogP) is 1.08. The second-order valence-corrected chi connectivity index (χ2v) is 4.23. The molecule has 0 unspecified atom stereocenters. The summed E-state index contributed by atoms with van der Waals surface area (Å²) in [5.41, 5.74) is -0.775. The number of ether oxygens (including phenoxy) is 1. The number of aliphatic hydroxyl groups is 1. The molecular weight excluding hydrogens is 206 g/mol. The Morgan fingerprint density at radius 3 is 2.69 bits per heavy atom. The van der Waals surface area contributed by atoms with Gasteiger partial charge in [0.1, 0.15) is 0 Å². The van der Waals surface area contributed by atoms with Crippen LogP contribution in [0.25, 0.3) is 0 Å². The van der Waals surface area contributed by atoms with Crippen molar-refractivity contribution < 1.29 is 9.84 Å². The van der Waals surface area contributed by atoms with E-state index in [1.165, 1.54) is 0 Å². The van der Waals surface area contributed by atoms with Crippen LogP contribution >= 0.6 is 0 Å². The van der Waals surface area contributed by atoms with Crippen molar-refractivity contribution in [1.29, 1.82) is 0 Å². The quantitative estimate of drug-likeness (QED) is 0.812. The van der Waals surface area contributed by atoms with Gasteiger partial charge >= 0.3 is 0 Å². The van der Waals surface area contributed by atoms with Gasteiger partial charge in [-0.1, -0.05) is 0 Å². The van der Waals surface area contributed by atoms with Crippen molar-refractivity contribution in [3.05, 3.63) is 12.3 Å². The maximum Gasteiger partial charge on any atom is 0.228 e. The molecule has 0 aromatic carbocycles. The molecule has 0 bridgehead atoms. The Kier molecular flexibility index (Phi) is 4.06. The van der Waals surface area contributed by atoms with Crippen molar-refractivity contribution in [3.8, 4) is 5.88 Å². The fraction of sp³-hybridized carbons (Fsp3) is 0.636. The maximum absolute atomic E-state index is 9.78. The second kappa shape index (κ2) is 5.12. The van der Waals surface area contributed by atoms with Gasteiger partial charge in [0, 0.05) is 25.4 Å². The van der Waals surface area contributed by atoms with E-state index < -0.39 is 5.60 Å². The first-order valence-electron chi connectivity index (χ1n) is 5.30. The molecule has 90 valence electrons. The highest BCUT2D eigenvalue weighted by Gasteiger charge is 2.19. The molecule has 0 amide bonds. The third-order valence-corrected chi connectivity index (χ3v) is 2.07. The largest absolute Gasteiger partial charge is 0.481 e. The lowest BCUT2D eigenvalue weighted by molar-refractivity contribution is 0.0872. The van der Waals surface area contributed by atoms with Crippen molar-refractivity contribution >= 4 is 5.95 Å². The molecule has 5 nitrogen and oxygen atoms in total. The SMILES string of the molecule is CCN(CC(C)(C)O)c1nccc(OC)n1. The van der Waals surface area contributed by atoms with E-state index in [9.17, 15) is 5.11 Å². The lowest BCUT2D eigenvalue weighted by Crippen LogP contribution is -2.39. The lowest BCUT2D eigenvalue weighted by Gasteiger charge is -2.27. The molecule has 1 heterocycles. The molecule has 0 aliphatic heterocycles. The number of aromatic nitrogens is 2. The molecule has 5 heteroatoms. The average molecular weight is 225 g/mol. The monoisotopic (exact) mass is 225 g/mol. The van der Waals surface area contributed by atoms with E-state index >= 15 is 0 Å². The highest BCUT2D eigenvalue weighted by Crippen LogP contribution is 2.14. The van der Waals surface area contributed by atoms with Crippen LogP contribution < -0.4 is 9.64 Å². The summed E-state index contributed by atoms with van der Waals surface area (Å²) in [7, 11) is 1.57. The smallest absolute Gasteiger partial charge is 0.228 e. The lowest BCUT2D eigenvalue weighted by atomic mass is 10.1. The van der Waals surface area contributed by atoms with E-state index in [-0.39, 0.29) is 0 Å². The van der Waals surface area contributed by atoms with Gasteiger partial charge in [0.15, 0.2) is 0 Å². The van der Waals surface area contributed by atoms with Crippen LogP contribution in [0.4, 0.5) is 5.95 Å². The molecular formula is C11H19N3O2. The van der Waals surface area contributed by atoms with Crippen LogP contribution in [0.2, 0.25) is 0 Å². The van der Waals surface area contributed by atoms with Gasteiger partial charge in [-0.25, -0.2) is 4.98 Å². The molecule has 16 heavy (non-hydrogen) atoms. The number of likely N-dealkylation sites (N-methyl/N-ethyl adjacent to an activating group) is 1. The van der Waals surface area contributed by atoms with Gasteiger partial charge in [-0.05, 0) is 20.8 Å². The van der Waals surface area contributed by atoms with Crippen molar-refractivity contribution in [2.24, 2.45) is 0 Å². The Morgan fingerprint density at radius 2 is 2.19 bits per heavy atom. The molecule has 0 saturated heterocycles. The summed E-state index contributed by atoms with van der Waals surface area (Å²) >= 11 is 0. The molecule has 1 N–H and O–H groups in total. The van der Waals surface area contributed by atoms with E-state index in [0.717, 1.165) is 6.54 Å². The first-order chi connectivity index (χ1) is 7.46. The van der Waals surface area contributed by atoms with Gasteiger partial charge in [0.2, 0.25) is 11.8 Å². The Balaban J connectivity index is 2.86. The molecule has 0 radical (unpaired) electrons. The van der Waals surface area contributed by atoms with Crippen molar-refractivity contribution in [2.45, 2.75) is 26.4 Å². The predicted molar refractivity (Wildman–Crippen MR) is 62.8 cm³/mol. The van der Waals surface area contributed by atoms with Gasteiger partial charge in [0.05, 0.1) is 12.7 Å². The third-order valence-electron chi connectivity index (χ3n) is 2.07.